The normalized spacial score (nSPS) is 11.9. The van der Waals surface area contributed by atoms with E-state index in [-0.39, 0.29) is 5.03 Å². The van der Waals surface area contributed by atoms with Gasteiger partial charge in [0.2, 0.25) is 0 Å². The summed E-state index contributed by atoms with van der Waals surface area (Å²) in [6.07, 6.45) is 2.71. The van der Waals surface area contributed by atoms with Gasteiger partial charge >= 0.3 is 0 Å². The average Bonchev–Trinajstić information content (AvgIpc) is 3.34. The zero-order valence-electron chi connectivity index (χ0n) is 14.3. The second-order valence-corrected chi connectivity index (χ2v) is 7.76. The molecule has 3 aromatic heterocycles. The van der Waals surface area contributed by atoms with E-state index in [1.54, 1.807) is 24.3 Å². The van der Waals surface area contributed by atoms with Crippen LogP contribution in [-0.2, 0) is 10.0 Å². The molecule has 138 valence electrons. The van der Waals surface area contributed by atoms with Crippen molar-refractivity contribution in [2.24, 2.45) is 0 Å². The maximum atomic E-state index is 12.9. The second-order valence-electron chi connectivity index (χ2n) is 6.16. The number of hydrogen-bond acceptors (Lipinski definition) is 6. The van der Waals surface area contributed by atoms with E-state index >= 15 is 0 Å². The number of sulfonamides is 1. The molecule has 0 bridgehead atoms. The van der Waals surface area contributed by atoms with Crippen LogP contribution in [0.1, 0.15) is 0 Å². The van der Waals surface area contributed by atoms with Gasteiger partial charge in [-0.3, -0.25) is 9.82 Å². The van der Waals surface area contributed by atoms with Gasteiger partial charge in [0.15, 0.2) is 10.6 Å². The topological polar surface area (TPSA) is 114 Å². The SMILES string of the molecule is O=S(=O)(Nc1ccc2[nH]nc(-c3ccccc3)c2c1)c1nccc2oncc12. The Morgan fingerprint density at radius 1 is 1.00 bits per heavy atom. The van der Waals surface area contributed by atoms with Gasteiger partial charge in [0.25, 0.3) is 10.0 Å². The lowest BCUT2D eigenvalue weighted by Gasteiger charge is -2.08. The van der Waals surface area contributed by atoms with Crippen LogP contribution in [0.2, 0.25) is 0 Å². The molecule has 0 radical (unpaired) electrons. The Labute approximate surface area is 159 Å². The van der Waals surface area contributed by atoms with Gasteiger partial charge in [-0.15, -0.1) is 0 Å². The highest BCUT2D eigenvalue weighted by molar-refractivity contribution is 7.92. The van der Waals surface area contributed by atoms with Crippen LogP contribution in [0.25, 0.3) is 33.1 Å². The molecular weight excluding hydrogens is 378 g/mol. The number of anilines is 1. The number of hydrogen-bond donors (Lipinski definition) is 2. The Bertz CT molecular complexity index is 1410. The van der Waals surface area contributed by atoms with Crippen molar-refractivity contribution in [1.29, 1.82) is 0 Å². The van der Waals surface area contributed by atoms with Crippen LogP contribution in [0.5, 0.6) is 0 Å². The molecular formula is C19H13N5O3S. The minimum atomic E-state index is -3.93. The van der Waals surface area contributed by atoms with Crippen LogP contribution < -0.4 is 4.72 Å². The Morgan fingerprint density at radius 2 is 1.86 bits per heavy atom. The lowest BCUT2D eigenvalue weighted by atomic mass is 10.1. The van der Waals surface area contributed by atoms with E-state index in [1.165, 1.54) is 12.4 Å². The third-order valence-corrected chi connectivity index (χ3v) is 5.70. The smallest absolute Gasteiger partial charge is 0.280 e. The summed E-state index contributed by atoms with van der Waals surface area (Å²) in [6, 6.07) is 16.4. The van der Waals surface area contributed by atoms with Gasteiger partial charge in [-0.05, 0) is 18.2 Å². The first-order valence-electron chi connectivity index (χ1n) is 8.37. The highest BCUT2D eigenvalue weighted by atomic mass is 32.2. The molecule has 9 heteroatoms. The van der Waals surface area contributed by atoms with Gasteiger partial charge in [-0.1, -0.05) is 35.5 Å². The lowest BCUT2D eigenvalue weighted by Crippen LogP contribution is -2.14. The summed E-state index contributed by atoms with van der Waals surface area (Å²) in [5.41, 5.74) is 3.25. The molecule has 0 spiro atoms. The predicted molar refractivity (Wildman–Crippen MR) is 104 cm³/mol. The minimum absolute atomic E-state index is 0.137. The Hall–Kier alpha value is -3.72. The molecule has 2 aromatic carbocycles. The lowest BCUT2D eigenvalue weighted by molar-refractivity contribution is 0.456. The first-order chi connectivity index (χ1) is 13.6. The van der Waals surface area contributed by atoms with Crippen molar-refractivity contribution in [3.8, 4) is 11.3 Å². The molecule has 5 rings (SSSR count). The van der Waals surface area contributed by atoms with Crippen LogP contribution in [0, 0.1) is 0 Å². The maximum Gasteiger partial charge on any atom is 0.280 e. The van der Waals surface area contributed by atoms with E-state index < -0.39 is 10.0 Å². The monoisotopic (exact) mass is 391 g/mol. The summed E-state index contributed by atoms with van der Waals surface area (Å²) in [6.45, 7) is 0. The average molecular weight is 391 g/mol. The summed E-state index contributed by atoms with van der Waals surface area (Å²) in [5, 5.41) is 12.0. The van der Waals surface area contributed by atoms with E-state index in [4.69, 9.17) is 4.52 Å². The fourth-order valence-corrected chi connectivity index (χ4v) is 4.26. The van der Waals surface area contributed by atoms with E-state index in [1.807, 2.05) is 30.3 Å². The Morgan fingerprint density at radius 3 is 2.71 bits per heavy atom. The van der Waals surface area contributed by atoms with Crippen molar-refractivity contribution in [2.75, 3.05) is 4.72 Å². The predicted octanol–water partition coefficient (Wildman–Crippen LogP) is 3.57. The molecule has 5 aromatic rings. The van der Waals surface area contributed by atoms with Crippen LogP contribution in [0.4, 0.5) is 5.69 Å². The van der Waals surface area contributed by atoms with Crippen molar-refractivity contribution in [3.63, 3.8) is 0 Å². The van der Waals surface area contributed by atoms with E-state index in [9.17, 15) is 8.42 Å². The highest BCUT2D eigenvalue weighted by Gasteiger charge is 2.21. The number of fused-ring (bicyclic) bond motifs is 2. The Kier molecular flexibility index (Phi) is 3.63. The van der Waals surface area contributed by atoms with Crippen molar-refractivity contribution < 1.29 is 12.9 Å². The van der Waals surface area contributed by atoms with Crippen LogP contribution in [-0.4, -0.2) is 28.8 Å². The number of nitrogens with zero attached hydrogens (tertiary/aromatic N) is 3. The quantitative estimate of drug-likeness (QED) is 0.484. The summed E-state index contributed by atoms with van der Waals surface area (Å²) < 4.78 is 33.3. The van der Waals surface area contributed by atoms with Gasteiger partial charge in [0.1, 0.15) is 0 Å². The molecule has 2 N–H and O–H groups in total. The number of aromatic nitrogens is 4. The molecule has 0 saturated carbocycles. The number of pyridine rings is 1. The molecule has 3 heterocycles. The van der Waals surface area contributed by atoms with Crippen molar-refractivity contribution in [3.05, 3.63) is 67.0 Å². The highest BCUT2D eigenvalue weighted by Crippen LogP contribution is 2.29. The number of rotatable bonds is 4. The zero-order valence-corrected chi connectivity index (χ0v) is 15.1. The summed E-state index contributed by atoms with van der Waals surface area (Å²) in [5.74, 6) is 0. The fraction of sp³-hybridized carbons (Fsp3) is 0. The Balaban J connectivity index is 1.57. The molecule has 28 heavy (non-hydrogen) atoms. The van der Waals surface area contributed by atoms with Crippen LogP contribution >= 0.6 is 0 Å². The van der Waals surface area contributed by atoms with Gasteiger partial charge in [0.05, 0.1) is 22.8 Å². The standard InChI is InChI=1S/C19H13N5O3S/c25-28(26,19-15-11-21-27-17(15)8-9-20-19)24-13-6-7-16-14(10-13)18(23-22-16)12-4-2-1-3-5-12/h1-11,24H,(H,22,23). The summed E-state index contributed by atoms with van der Waals surface area (Å²) in [7, 11) is -3.93. The minimum Gasteiger partial charge on any atom is -0.356 e. The van der Waals surface area contributed by atoms with E-state index in [2.05, 4.69) is 25.1 Å². The molecule has 0 amide bonds. The van der Waals surface area contributed by atoms with Crippen molar-refractivity contribution in [1.82, 2.24) is 20.3 Å². The molecule has 0 saturated heterocycles. The van der Waals surface area contributed by atoms with Crippen molar-refractivity contribution >= 4 is 37.6 Å². The molecule has 0 aliphatic carbocycles. The first-order valence-corrected chi connectivity index (χ1v) is 9.86. The van der Waals surface area contributed by atoms with Gasteiger partial charge < -0.3 is 4.52 Å². The summed E-state index contributed by atoms with van der Waals surface area (Å²) >= 11 is 0. The van der Waals surface area contributed by atoms with Gasteiger partial charge in [0, 0.05) is 28.9 Å². The first kappa shape index (κ1) is 16.5. The van der Waals surface area contributed by atoms with Gasteiger partial charge in [-0.25, -0.2) is 4.98 Å². The second kappa shape index (κ2) is 6.17. The summed E-state index contributed by atoms with van der Waals surface area (Å²) in [4.78, 5) is 4.00. The molecule has 0 atom stereocenters. The third-order valence-electron chi connectivity index (χ3n) is 4.36. The molecule has 0 aliphatic heterocycles. The van der Waals surface area contributed by atoms with Gasteiger partial charge in [-0.2, -0.15) is 13.5 Å². The number of nitrogens with one attached hydrogen (secondary N) is 2. The largest absolute Gasteiger partial charge is 0.356 e. The van der Waals surface area contributed by atoms with Crippen molar-refractivity contribution in [2.45, 2.75) is 5.03 Å². The zero-order chi connectivity index (χ0) is 19.1. The molecule has 8 nitrogen and oxygen atoms in total. The maximum absolute atomic E-state index is 12.9. The van der Waals surface area contributed by atoms with Crippen LogP contribution in [0.15, 0.2) is 76.5 Å². The van der Waals surface area contributed by atoms with E-state index in [0.717, 1.165) is 22.2 Å². The number of benzene rings is 2. The third kappa shape index (κ3) is 2.69. The van der Waals surface area contributed by atoms with E-state index in [0.29, 0.717) is 16.7 Å². The fourth-order valence-electron chi connectivity index (χ4n) is 3.08. The van der Waals surface area contributed by atoms with Crippen LogP contribution in [0.3, 0.4) is 0 Å². The number of aromatic amines is 1. The molecule has 0 unspecified atom stereocenters. The molecule has 0 fully saturated rings. The number of H-pyrrole nitrogens is 1. The molecule has 0 aliphatic rings.